The number of benzene rings is 2. The van der Waals surface area contributed by atoms with Gasteiger partial charge in [-0.25, -0.2) is 15.0 Å². The van der Waals surface area contributed by atoms with Gasteiger partial charge in [-0.15, -0.1) is 0 Å². The molecule has 1 unspecified atom stereocenters. The van der Waals surface area contributed by atoms with E-state index in [1.165, 1.54) is 0 Å². The second-order valence-electron chi connectivity index (χ2n) is 11.9. The first kappa shape index (κ1) is 29.4. The number of aromatic nitrogens is 5. The fourth-order valence-electron chi connectivity index (χ4n) is 6.59. The Labute approximate surface area is 259 Å². The van der Waals surface area contributed by atoms with Gasteiger partial charge in [0.25, 0.3) is 0 Å². The highest BCUT2D eigenvalue weighted by Gasteiger charge is 2.45. The van der Waals surface area contributed by atoms with E-state index in [0.29, 0.717) is 13.0 Å². The van der Waals surface area contributed by atoms with Crippen LogP contribution >= 0.6 is 0 Å². The van der Waals surface area contributed by atoms with Crippen molar-refractivity contribution >= 4 is 23.0 Å². The van der Waals surface area contributed by atoms with Crippen molar-refractivity contribution in [3.63, 3.8) is 0 Å². The van der Waals surface area contributed by atoms with Crippen LogP contribution in [0.4, 0.5) is 5.95 Å². The van der Waals surface area contributed by atoms with Crippen LogP contribution in [0, 0.1) is 0 Å². The lowest BCUT2D eigenvalue weighted by atomic mass is 9.69. The molecule has 1 atom stereocenters. The molecule has 1 aliphatic rings. The van der Waals surface area contributed by atoms with E-state index in [2.05, 4.69) is 60.9 Å². The summed E-state index contributed by atoms with van der Waals surface area (Å²) in [5.74, 6) is 0.898. The number of nitrogens with one attached hydrogen (secondary N) is 1. The first-order valence-electron chi connectivity index (χ1n) is 15.4. The molecule has 226 valence electrons. The van der Waals surface area contributed by atoms with Crippen LogP contribution in [0.5, 0.6) is 0 Å². The molecule has 9 heteroatoms. The Morgan fingerprint density at radius 3 is 2.23 bits per heavy atom. The average Bonchev–Trinajstić information content (AvgIpc) is 3.41. The minimum absolute atomic E-state index is 0.105. The number of anilines is 1. The molecule has 2 aromatic carbocycles. The third-order valence-electron chi connectivity index (χ3n) is 8.85. The van der Waals surface area contributed by atoms with Crippen LogP contribution in [0.3, 0.4) is 0 Å². The van der Waals surface area contributed by atoms with E-state index in [1.54, 1.807) is 17.4 Å². The molecule has 0 saturated carbocycles. The van der Waals surface area contributed by atoms with E-state index >= 15 is 0 Å². The Bertz CT molecular complexity index is 1630. The van der Waals surface area contributed by atoms with Crippen molar-refractivity contribution in [1.29, 1.82) is 0 Å². The summed E-state index contributed by atoms with van der Waals surface area (Å²) in [7, 11) is 3.72. The largest absolute Gasteiger partial charge is 0.353 e. The number of likely N-dealkylation sites (N-methyl/N-ethyl adjacent to an activating group) is 1. The van der Waals surface area contributed by atoms with Crippen LogP contribution in [0.1, 0.15) is 43.0 Å². The molecule has 1 amide bonds. The lowest BCUT2D eigenvalue weighted by Gasteiger charge is -2.42. The Balaban J connectivity index is 1.20. The molecule has 1 fully saturated rings. The summed E-state index contributed by atoms with van der Waals surface area (Å²) >= 11 is 0. The number of piperidine rings is 1. The number of nitrogens with zero attached hydrogens (tertiary/aromatic N) is 7. The molecule has 3 aromatic heterocycles. The van der Waals surface area contributed by atoms with Crippen LogP contribution in [0.15, 0.2) is 97.6 Å². The van der Waals surface area contributed by atoms with Crippen LogP contribution in [-0.4, -0.2) is 79.5 Å². The molecule has 1 aliphatic heterocycles. The van der Waals surface area contributed by atoms with Gasteiger partial charge >= 0.3 is 0 Å². The number of carbonyl (C=O) groups is 1. The number of rotatable bonds is 10. The maximum Gasteiger partial charge on any atom is 0.237 e. The Kier molecular flexibility index (Phi) is 8.65. The second kappa shape index (κ2) is 12.9. The van der Waals surface area contributed by atoms with Gasteiger partial charge in [-0.1, -0.05) is 66.7 Å². The van der Waals surface area contributed by atoms with Gasteiger partial charge < -0.3 is 15.1 Å². The highest BCUT2D eigenvalue weighted by Crippen LogP contribution is 2.40. The molecule has 0 spiro atoms. The van der Waals surface area contributed by atoms with E-state index in [9.17, 15) is 4.79 Å². The zero-order valence-corrected chi connectivity index (χ0v) is 25.7. The standard InChI is InChI=1S/C35H40N8O/c1-26(22-35(33(44)41(2)3,27-12-6-4-7-13-27)28-14-8-5-9-15-28)42-20-17-29(18-21-42)39-34-40-31-23-36-25-38-32(31)43(34)24-30-16-10-11-19-37-30/h4-16,19,23,25-26,29H,17-18,20-22,24H2,1-3H3,(H,39,40). The molecule has 5 aromatic rings. The highest BCUT2D eigenvalue weighted by atomic mass is 16.2. The van der Waals surface area contributed by atoms with E-state index in [-0.39, 0.29) is 18.0 Å². The quantitative estimate of drug-likeness (QED) is 0.246. The minimum Gasteiger partial charge on any atom is -0.353 e. The number of hydrogen-bond donors (Lipinski definition) is 1. The third-order valence-corrected chi connectivity index (χ3v) is 8.85. The molecular formula is C35H40N8O. The van der Waals surface area contributed by atoms with Crippen LogP contribution < -0.4 is 5.32 Å². The maximum absolute atomic E-state index is 14.2. The molecule has 1 N–H and O–H groups in total. The molecule has 0 bridgehead atoms. The smallest absolute Gasteiger partial charge is 0.237 e. The van der Waals surface area contributed by atoms with Gasteiger partial charge in [-0.3, -0.25) is 14.3 Å². The second-order valence-corrected chi connectivity index (χ2v) is 11.9. The summed E-state index contributed by atoms with van der Waals surface area (Å²) in [5, 5.41) is 3.72. The molecule has 1 saturated heterocycles. The zero-order chi connectivity index (χ0) is 30.5. The summed E-state index contributed by atoms with van der Waals surface area (Å²) in [6, 6.07) is 26.9. The first-order chi connectivity index (χ1) is 21.5. The van der Waals surface area contributed by atoms with E-state index < -0.39 is 5.41 Å². The number of amides is 1. The fraction of sp³-hybridized carbons (Fsp3) is 0.343. The summed E-state index contributed by atoms with van der Waals surface area (Å²) in [4.78, 5) is 36.5. The number of likely N-dealkylation sites (tertiary alicyclic amines) is 1. The van der Waals surface area contributed by atoms with Gasteiger partial charge in [0, 0.05) is 45.5 Å². The lowest BCUT2D eigenvalue weighted by Crippen LogP contribution is -2.51. The Morgan fingerprint density at radius 1 is 0.955 bits per heavy atom. The number of imidazole rings is 1. The molecular weight excluding hydrogens is 548 g/mol. The van der Waals surface area contributed by atoms with Crippen molar-refractivity contribution in [2.24, 2.45) is 0 Å². The van der Waals surface area contributed by atoms with Crippen molar-refractivity contribution in [2.75, 3.05) is 32.5 Å². The van der Waals surface area contributed by atoms with Gasteiger partial charge in [0.15, 0.2) is 5.65 Å². The average molecular weight is 589 g/mol. The summed E-state index contributed by atoms with van der Waals surface area (Å²) < 4.78 is 2.09. The number of fused-ring (bicyclic) bond motifs is 1. The van der Waals surface area contributed by atoms with Crippen molar-refractivity contribution in [1.82, 2.24) is 34.3 Å². The van der Waals surface area contributed by atoms with Gasteiger partial charge in [0.1, 0.15) is 17.3 Å². The topological polar surface area (TPSA) is 92.1 Å². The molecule has 4 heterocycles. The molecule has 44 heavy (non-hydrogen) atoms. The predicted octanol–water partition coefficient (Wildman–Crippen LogP) is 5.00. The van der Waals surface area contributed by atoms with Gasteiger partial charge in [-0.2, -0.15) is 0 Å². The van der Waals surface area contributed by atoms with Crippen molar-refractivity contribution < 1.29 is 4.79 Å². The van der Waals surface area contributed by atoms with Crippen LogP contribution in [0.2, 0.25) is 0 Å². The van der Waals surface area contributed by atoms with Gasteiger partial charge in [-0.05, 0) is 49.4 Å². The third kappa shape index (κ3) is 5.92. The molecule has 0 aliphatic carbocycles. The summed E-state index contributed by atoms with van der Waals surface area (Å²) in [6.07, 6.45) is 7.75. The van der Waals surface area contributed by atoms with E-state index in [4.69, 9.17) is 4.98 Å². The summed E-state index contributed by atoms with van der Waals surface area (Å²) in [5.41, 5.74) is 3.79. The van der Waals surface area contributed by atoms with E-state index in [0.717, 1.165) is 59.9 Å². The number of pyridine rings is 1. The number of hydrogen-bond acceptors (Lipinski definition) is 7. The van der Waals surface area contributed by atoms with Gasteiger partial charge in [0.05, 0.1) is 18.4 Å². The molecule has 9 nitrogen and oxygen atoms in total. The van der Waals surface area contributed by atoms with Gasteiger partial charge in [0.2, 0.25) is 11.9 Å². The van der Waals surface area contributed by atoms with E-state index in [1.807, 2.05) is 74.9 Å². The minimum atomic E-state index is -0.780. The van der Waals surface area contributed by atoms with Crippen molar-refractivity contribution in [3.8, 4) is 0 Å². The Morgan fingerprint density at radius 2 is 1.61 bits per heavy atom. The molecule has 6 rings (SSSR count). The van der Waals surface area contributed by atoms with Crippen molar-refractivity contribution in [2.45, 2.75) is 50.2 Å². The predicted molar refractivity (Wildman–Crippen MR) is 173 cm³/mol. The van der Waals surface area contributed by atoms with Crippen LogP contribution in [-0.2, 0) is 16.8 Å². The maximum atomic E-state index is 14.2. The van der Waals surface area contributed by atoms with Crippen molar-refractivity contribution in [3.05, 3.63) is 114 Å². The SMILES string of the molecule is CC(CC(C(=O)N(C)C)(c1ccccc1)c1ccccc1)N1CCC(Nc2nc3cncnc3n2Cc2ccccn2)CC1. The zero-order valence-electron chi connectivity index (χ0n) is 25.7. The fourth-order valence-corrected chi connectivity index (χ4v) is 6.59. The normalized spacial score (nSPS) is 15.2. The van der Waals surface area contributed by atoms with Crippen LogP contribution in [0.25, 0.3) is 11.2 Å². The lowest BCUT2D eigenvalue weighted by molar-refractivity contribution is -0.134. The number of carbonyl (C=O) groups excluding carboxylic acids is 1. The summed E-state index contributed by atoms with van der Waals surface area (Å²) in [6.45, 7) is 4.69. The monoisotopic (exact) mass is 588 g/mol. The Hall–Kier alpha value is -4.63. The highest BCUT2D eigenvalue weighted by molar-refractivity contribution is 5.92. The molecule has 0 radical (unpaired) electrons. The first-order valence-corrected chi connectivity index (χ1v) is 15.4.